The molecule has 1 aromatic heterocycles. The van der Waals surface area contributed by atoms with Crippen LogP contribution < -0.4 is 4.90 Å². The molecule has 0 aliphatic carbocycles. The number of carbonyl (C=O) groups excluding carboxylic acids is 1. The minimum atomic E-state index is 0.0112. The summed E-state index contributed by atoms with van der Waals surface area (Å²) in [5.41, 5.74) is 1.65. The first-order valence-corrected chi connectivity index (χ1v) is 11.2. The molecule has 0 unspecified atom stereocenters. The number of amides is 1. The average Bonchev–Trinajstić information content (AvgIpc) is 3.14. The van der Waals surface area contributed by atoms with Crippen LogP contribution in [-0.4, -0.2) is 48.2 Å². The third-order valence-electron chi connectivity index (χ3n) is 4.61. The van der Waals surface area contributed by atoms with Gasteiger partial charge >= 0.3 is 0 Å². The standard InChI is InChI=1S/C21H25N3OS2/c1-4-23(5-2)13-14-24(20(25)16-9-8-10-17(15-16)26-3)21-22-18-11-6-7-12-19(18)27-21/h6-12,15H,4-5,13-14H2,1-3H3. The maximum Gasteiger partial charge on any atom is 0.260 e. The Kier molecular flexibility index (Phi) is 6.88. The van der Waals surface area contributed by atoms with Crippen LogP contribution in [0.3, 0.4) is 0 Å². The zero-order valence-corrected chi connectivity index (χ0v) is 17.6. The number of aromatic nitrogens is 1. The predicted molar refractivity (Wildman–Crippen MR) is 117 cm³/mol. The second kappa shape index (κ2) is 9.35. The van der Waals surface area contributed by atoms with Gasteiger partial charge in [-0.2, -0.15) is 0 Å². The summed E-state index contributed by atoms with van der Waals surface area (Å²) in [6.45, 7) is 7.70. The maximum atomic E-state index is 13.3. The van der Waals surface area contributed by atoms with Crippen molar-refractivity contribution in [1.29, 1.82) is 0 Å². The molecule has 0 saturated heterocycles. The van der Waals surface area contributed by atoms with Gasteiger partial charge in [0.15, 0.2) is 5.13 Å². The SMILES string of the molecule is CCN(CC)CCN(C(=O)c1cccc(SC)c1)c1nc2ccccc2s1. The van der Waals surface area contributed by atoms with Crippen LogP contribution in [0.1, 0.15) is 24.2 Å². The summed E-state index contributed by atoms with van der Waals surface area (Å²) >= 11 is 3.22. The van der Waals surface area contributed by atoms with E-state index in [1.807, 2.05) is 53.6 Å². The molecule has 3 aromatic rings. The van der Waals surface area contributed by atoms with Crippen LogP contribution in [0.25, 0.3) is 10.2 Å². The molecule has 142 valence electrons. The molecule has 0 N–H and O–H groups in total. The quantitative estimate of drug-likeness (QED) is 0.499. The Hall–Kier alpha value is -1.89. The van der Waals surface area contributed by atoms with Crippen LogP contribution in [0.15, 0.2) is 53.4 Å². The van der Waals surface area contributed by atoms with E-state index in [-0.39, 0.29) is 5.91 Å². The molecule has 1 heterocycles. The van der Waals surface area contributed by atoms with E-state index < -0.39 is 0 Å². The largest absolute Gasteiger partial charge is 0.302 e. The maximum absolute atomic E-state index is 13.3. The minimum Gasteiger partial charge on any atom is -0.302 e. The summed E-state index contributed by atoms with van der Waals surface area (Å²) in [5.74, 6) is 0.0112. The number of carbonyl (C=O) groups is 1. The van der Waals surface area contributed by atoms with E-state index in [9.17, 15) is 4.79 Å². The third-order valence-corrected chi connectivity index (χ3v) is 6.39. The summed E-state index contributed by atoms with van der Waals surface area (Å²) in [7, 11) is 0. The minimum absolute atomic E-state index is 0.0112. The van der Waals surface area contributed by atoms with Gasteiger partial charge in [-0.3, -0.25) is 9.69 Å². The van der Waals surface area contributed by atoms with Gasteiger partial charge in [-0.15, -0.1) is 11.8 Å². The molecular weight excluding hydrogens is 374 g/mol. The number of benzene rings is 2. The predicted octanol–water partition coefficient (Wildman–Crippen LogP) is 5.01. The fourth-order valence-corrected chi connectivity index (χ4v) is 4.40. The van der Waals surface area contributed by atoms with Gasteiger partial charge in [0.05, 0.1) is 10.2 Å². The van der Waals surface area contributed by atoms with Crippen molar-refractivity contribution in [3.05, 3.63) is 54.1 Å². The lowest BCUT2D eigenvalue weighted by Gasteiger charge is -2.24. The van der Waals surface area contributed by atoms with Crippen molar-refractivity contribution in [2.24, 2.45) is 0 Å². The average molecular weight is 400 g/mol. The number of rotatable bonds is 8. The topological polar surface area (TPSA) is 36.4 Å². The van der Waals surface area contributed by atoms with Crippen molar-refractivity contribution >= 4 is 44.4 Å². The van der Waals surface area contributed by atoms with Gasteiger partial charge in [0.25, 0.3) is 5.91 Å². The third kappa shape index (κ3) is 4.69. The number of hydrogen-bond donors (Lipinski definition) is 0. The number of thioether (sulfide) groups is 1. The van der Waals surface area contributed by atoms with Gasteiger partial charge in [0.1, 0.15) is 0 Å². The summed E-state index contributed by atoms with van der Waals surface area (Å²) in [6.07, 6.45) is 2.02. The summed E-state index contributed by atoms with van der Waals surface area (Å²) < 4.78 is 1.10. The summed E-state index contributed by atoms with van der Waals surface area (Å²) in [6, 6.07) is 15.9. The van der Waals surface area contributed by atoms with Crippen molar-refractivity contribution in [2.45, 2.75) is 18.7 Å². The van der Waals surface area contributed by atoms with Crippen LogP contribution in [0.4, 0.5) is 5.13 Å². The molecule has 0 aliphatic rings. The van der Waals surface area contributed by atoms with Gasteiger partial charge in [0.2, 0.25) is 0 Å². The number of para-hydroxylation sites is 1. The molecule has 3 rings (SSSR count). The molecule has 0 spiro atoms. The number of nitrogens with zero attached hydrogens (tertiary/aromatic N) is 3. The van der Waals surface area contributed by atoms with E-state index in [0.29, 0.717) is 12.1 Å². The lowest BCUT2D eigenvalue weighted by atomic mass is 10.2. The Morgan fingerprint density at radius 3 is 2.56 bits per heavy atom. The molecule has 0 bridgehead atoms. The number of fused-ring (bicyclic) bond motifs is 1. The molecule has 4 nitrogen and oxygen atoms in total. The molecule has 0 atom stereocenters. The van der Waals surface area contributed by atoms with Gasteiger partial charge in [0, 0.05) is 23.5 Å². The second-order valence-electron chi connectivity index (χ2n) is 6.18. The van der Waals surface area contributed by atoms with Crippen molar-refractivity contribution in [3.63, 3.8) is 0 Å². The number of thiazole rings is 1. The van der Waals surface area contributed by atoms with E-state index in [4.69, 9.17) is 4.98 Å². The highest BCUT2D eigenvalue weighted by atomic mass is 32.2. The first kappa shape index (κ1) is 19.9. The smallest absolute Gasteiger partial charge is 0.260 e. The van der Waals surface area contributed by atoms with Crippen LogP contribution >= 0.6 is 23.1 Å². The monoisotopic (exact) mass is 399 g/mol. The number of anilines is 1. The zero-order chi connectivity index (χ0) is 19.2. The fraction of sp³-hybridized carbons (Fsp3) is 0.333. The summed E-state index contributed by atoms with van der Waals surface area (Å²) in [4.78, 5) is 23.3. The van der Waals surface area contributed by atoms with Crippen molar-refractivity contribution in [2.75, 3.05) is 37.3 Å². The van der Waals surface area contributed by atoms with E-state index in [2.05, 4.69) is 24.8 Å². The molecule has 2 aromatic carbocycles. The fourth-order valence-electron chi connectivity index (χ4n) is 2.95. The van der Waals surface area contributed by atoms with Crippen molar-refractivity contribution < 1.29 is 4.79 Å². The van der Waals surface area contributed by atoms with E-state index in [1.54, 1.807) is 23.1 Å². The molecule has 6 heteroatoms. The first-order valence-electron chi connectivity index (χ1n) is 9.20. The molecule has 0 aliphatic heterocycles. The van der Waals surface area contributed by atoms with Crippen molar-refractivity contribution in [3.8, 4) is 0 Å². The Morgan fingerprint density at radius 2 is 1.85 bits per heavy atom. The normalized spacial score (nSPS) is 11.3. The second-order valence-corrected chi connectivity index (χ2v) is 8.07. The molecule has 0 radical (unpaired) electrons. The molecule has 0 saturated carbocycles. The van der Waals surface area contributed by atoms with Crippen LogP contribution in [0.5, 0.6) is 0 Å². The molecule has 0 fully saturated rings. The first-order chi connectivity index (χ1) is 13.2. The lowest BCUT2D eigenvalue weighted by Crippen LogP contribution is -2.38. The van der Waals surface area contributed by atoms with Gasteiger partial charge < -0.3 is 4.90 Å². The Morgan fingerprint density at radius 1 is 1.07 bits per heavy atom. The van der Waals surface area contributed by atoms with E-state index in [0.717, 1.165) is 39.9 Å². The summed E-state index contributed by atoms with van der Waals surface area (Å²) in [5, 5.41) is 0.767. The van der Waals surface area contributed by atoms with E-state index in [1.165, 1.54) is 0 Å². The van der Waals surface area contributed by atoms with Crippen LogP contribution in [0, 0.1) is 0 Å². The van der Waals surface area contributed by atoms with E-state index >= 15 is 0 Å². The highest BCUT2D eigenvalue weighted by Gasteiger charge is 2.22. The zero-order valence-electron chi connectivity index (χ0n) is 16.0. The highest BCUT2D eigenvalue weighted by Crippen LogP contribution is 2.30. The molecule has 27 heavy (non-hydrogen) atoms. The molecular formula is C21H25N3OS2. The van der Waals surface area contributed by atoms with Gasteiger partial charge in [-0.05, 0) is 49.7 Å². The number of likely N-dealkylation sites (N-methyl/N-ethyl adjacent to an activating group) is 1. The Bertz CT molecular complexity index is 872. The Labute approximate surface area is 169 Å². The molecule has 1 amide bonds. The highest BCUT2D eigenvalue weighted by molar-refractivity contribution is 7.98. The van der Waals surface area contributed by atoms with Gasteiger partial charge in [-0.25, -0.2) is 4.98 Å². The van der Waals surface area contributed by atoms with Crippen LogP contribution in [0.2, 0.25) is 0 Å². The number of hydrogen-bond acceptors (Lipinski definition) is 5. The van der Waals surface area contributed by atoms with Crippen LogP contribution in [-0.2, 0) is 0 Å². The van der Waals surface area contributed by atoms with Crippen molar-refractivity contribution in [1.82, 2.24) is 9.88 Å². The van der Waals surface area contributed by atoms with Gasteiger partial charge in [-0.1, -0.05) is 43.4 Å². The lowest BCUT2D eigenvalue weighted by molar-refractivity contribution is 0.0983. The Balaban J connectivity index is 1.94.